The van der Waals surface area contributed by atoms with Crippen molar-refractivity contribution in [1.82, 2.24) is 0 Å². The number of nitrogens with zero attached hydrogens (tertiary/aromatic N) is 1. The predicted octanol–water partition coefficient (Wildman–Crippen LogP) is 2.40. The number of carboxylic acids is 1. The number of benzene rings is 2. The number of fused-ring (bicyclic) bond motifs is 1. The molecule has 4 heteroatoms. The van der Waals surface area contributed by atoms with E-state index >= 15 is 0 Å². The van der Waals surface area contributed by atoms with Crippen LogP contribution in [-0.2, 0) is 0 Å². The van der Waals surface area contributed by atoms with Gasteiger partial charge in [-0.1, -0.05) is 18.2 Å². The van der Waals surface area contributed by atoms with Crippen LogP contribution in [0.4, 0.5) is 0 Å². The molecule has 2 aromatic carbocycles. The Morgan fingerprint density at radius 3 is 2.81 bits per heavy atom. The molecule has 78 valence electrons. The molecule has 1 N–H and O–H groups in total. The van der Waals surface area contributed by atoms with Crippen LogP contribution in [0.25, 0.3) is 10.8 Å². The van der Waals surface area contributed by atoms with E-state index in [0.29, 0.717) is 11.1 Å². The molecule has 0 aliphatic rings. The molecule has 0 saturated heterocycles. The smallest absolute Gasteiger partial charge is 0.336 e. The summed E-state index contributed by atoms with van der Waals surface area (Å²) in [7, 11) is 0. The van der Waals surface area contributed by atoms with Gasteiger partial charge in [0.15, 0.2) is 0 Å². The Bertz CT molecular complexity index is 599. The zero-order valence-electron chi connectivity index (χ0n) is 8.18. The summed E-state index contributed by atoms with van der Waals surface area (Å²) in [6.45, 7) is 0. The van der Waals surface area contributed by atoms with Crippen LogP contribution in [0.3, 0.4) is 0 Å². The van der Waals surface area contributed by atoms with Crippen molar-refractivity contribution in [2.24, 2.45) is 0 Å². The minimum Gasteiger partial charge on any atom is -0.478 e. The Morgan fingerprint density at radius 1 is 1.31 bits per heavy atom. The van der Waals surface area contributed by atoms with Crippen molar-refractivity contribution in [2.45, 2.75) is 0 Å². The number of nitriles is 1. The first-order chi connectivity index (χ1) is 7.72. The maximum atomic E-state index is 11.0. The molecule has 0 spiro atoms. The topological polar surface area (TPSA) is 70.3 Å². The summed E-state index contributed by atoms with van der Waals surface area (Å²) >= 11 is 0. The van der Waals surface area contributed by atoms with Crippen molar-refractivity contribution in [2.75, 3.05) is 0 Å². The number of carbonyl (C=O) groups is 1. The number of rotatable bonds is 2. The average molecular weight is 213 g/mol. The van der Waals surface area contributed by atoms with E-state index in [0.717, 1.165) is 5.39 Å². The second-order valence-electron chi connectivity index (χ2n) is 3.19. The highest BCUT2D eigenvalue weighted by Gasteiger charge is 2.08. The molecule has 0 fully saturated rings. The van der Waals surface area contributed by atoms with Crippen LogP contribution in [0.1, 0.15) is 10.4 Å². The third kappa shape index (κ3) is 1.66. The molecule has 0 atom stereocenters. The molecule has 0 radical (unpaired) electrons. The normalized spacial score (nSPS) is 9.69. The molecule has 0 heterocycles. The van der Waals surface area contributed by atoms with Gasteiger partial charge < -0.3 is 9.84 Å². The van der Waals surface area contributed by atoms with Crippen molar-refractivity contribution in [3.05, 3.63) is 42.0 Å². The average Bonchev–Trinajstić information content (AvgIpc) is 2.28. The van der Waals surface area contributed by atoms with Crippen molar-refractivity contribution in [3.63, 3.8) is 0 Å². The highest BCUT2D eigenvalue weighted by Crippen LogP contribution is 2.24. The van der Waals surface area contributed by atoms with Gasteiger partial charge in [-0.25, -0.2) is 4.79 Å². The van der Waals surface area contributed by atoms with Crippen molar-refractivity contribution >= 4 is 16.7 Å². The minimum atomic E-state index is -1.00. The number of hydrogen-bond donors (Lipinski definition) is 1. The van der Waals surface area contributed by atoms with E-state index < -0.39 is 5.97 Å². The van der Waals surface area contributed by atoms with Gasteiger partial charge in [-0.15, -0.1) is 5.26 Å². The third-order valence-corrected chi connectivity index (χ3v) is 2.25. The monoisotopic (exact) mass is 213 g/mol. The SMILES string of the molecule is N#COc1ccc2cccc(C(=O)O)c2c1. The first-order valence-corrected chi connectivity index (χ1v) is 4.54. The lowest BCUT2D eigenvalue weighted by atomic mass is 10.0. The summed E-state index contributed by atoms with van der Waals surface area (Å²) in [5.74, 6) is -0.664. The van der Waals surface area contributed by atoms with E-state index in [9.17, 15) is 4.79 Å². The molecule has 0 aliphatic heterocycles. The molecule has 0 amide bonds. The highest BCUT2D eigenvalue weighted by molar-refractivity contribution is 6.04. The van der Waals surface area contributed by atoms with Gasteiger partial charge in [-0.3, -0.25) is 0 Å². The van der Waals surface area contributed by atoms with Crippen LogP contribution in [0.5, 0.6) is 5.75 Å². The molecule has 0 aromatic heterocycles. The molecular weight excluding hydrogens is 206 g/mol. The van der Waals surface area contributed by atoms with Gasteiger partial charge in [0.2, 0.25) is 0 Å². The summed E-state index contributed by atoms with van der Waals surface area (Å²) in [6, 6.07) is 9.88. The molecular formula is C12H7NO3. The van der Waals surface area contributed by atoms with E-state index in [-0.39, 0.29) is 5.56 Å². The first-order valence-electron chi connectivity index (χ1n) is 4.54. The van der Waals surface area contributed by atoms with Gasteiger partial charge in [-0.05, 0) is 29.0 Å². The summed E-state index contributed by atoms with van der Waals surface area (Å²) in [5, 5.41) is 18.7. The summed E-state index contributed by atoms with van der Waals surface area (Å²) < 4.78 is 4.66. The number of aromatic carboxylic acids is 1. The summed E-state index contributed by atoms with van der Waals surface area (Å²) in [5.41, 5.74) is 0.195. The van der Waals surface area contributed by atoms with Crippen LogP contribution in [0.15, 0.2) is 36.4 Å². The fourth-order valence-electron chi connectivity index (χ4n) is 1.55. The molecule has 2 aromatic rings. The maximum absolute atomic E-state index is 11.0. The van der Waals surface area contributed by atoms with Gasteiger partial charge in [0.25, 0.3) is 6.26 Å². The molecule has 0 bridgehead atoms. The van der Waals surface area contributed by atoms with Crippen LogP contribution in [0, 0.1) is 11.5 Å². The quantitative estimate of drug-likeness (QED) is 0.777. The summed E-state index contributed by atoms with van der Waals surface area (Å²) in [6.07, 6.45) is 1.55. The zero-order chi connectivity index (χ0) is 11.5. The molecule has 0 aliphatic carbocycles. The van der Waals surface area contributed by atoms with Crippen molar-refractivity contribution < 1.29 is 14.6 Å². The largest absolute Gasteiger partial charge is 0.478 e. The number of ether oxygens (including phenoxy) is 1. The number of hydrogen-bond acceptors (Lipinski definition) is 3. The second-order valence-corrected chi connectivity index (χ2v) is 3.19. The zero-order valence-corrected chi connectivity index (χ0v) is 8.18. The van der Waals surface area contributed by atoms with Gasteiger partial charge in [0.05, 0.1) is 5.56 Å². The Labute approximate surface area is 91.3 Å². The van der Waals surface area contributed by atoms with Gasteiger partial charge >= 0.3 is 5.97 Å². The Hall–Kier alpha value is -2.54. The molecule has 0 saturated carbocycles. The van der Waals surface area contributed by atoms with Crippen LogP contribution >= 0.6 is 0 Å². The maximum Gasteiger partial charge on any atom is 0.336 e. The first kappa shape index (κ1) is 9.99. The van der Waals surface area contributed by atoms with Crippen LogP contribution < -0.4 is 4.74 Å². The molecule has 4 nitrogen and oxygen atoms in total. The summed E-state index contributed by atoms with van der Waals surface area (Å²) in [4.78, 5) is 11.0. The third-order valence-electron chi connectivity index (χ3n) is 2.25. The molecule has 16 heavy (non-hydrogen) atoms. The predicted molar refractivity (Wildman–Crippen MR) is 57.1 cm³/mol. The Kier molecular flexibility index (Phi) is 2.44. The Balaban J connectivity index is 2.69. The lowest BCUT2D eigenvalue weighted by Gasteiger charge is -2.03. The Morgan fingerprint density at radius 2 is 2.12 bits per heavy atom. The van der Waals surface area contributed by atoms with E-state index in [1.807, 2.05) is 0 Å². The standard InChI is InChI=1S/C12H7NO3/c13-7-16-9-5-4-8-2-1-3-10(12(14)15)11(8)6-9/h1-6H,(H,14,15). The minimum absolute atomic E-state index is 0.195. The lowest BCUT2D eigenvalue weighted by molar-refractivity contribution is 0.0699. The fourth-order valence-corrected chi connectivity index (χ4v) is 1.55. The van der Waals surface area contributed by atoms with E-state index in [1.54, 1.807) is 36.6 Å². The molecule has 2 rings (SSSR count). The van der Waals surface area contributed by atoms with E-state index in [1.165, 1.54) is 6.07 Å². The van der Waals surface area contributed by atoms with E-state index in [4.69, 9.17) is 10.4 Å². The van der Waals surface area contributed by atoms with Crippen LogP contribution in [-0.4, -0.2) is 11.1 Å². The van der Waals surface area contributed by atoms with Gasteiger partial charge in [-0.2, -0.15) is 0 Å². The highest BCUT2D eigenvalue weighted by atomic mass is 16.5. The van der Waals surface area contributed by atoms with Crippen molar-refractivity contribution in [3.8, 4) is 12.0 Å². The molecule has 0 unspecified atom stereocenters. The van der Waals surface area contributed by atoms with Gasteiger partial charge in [0, 0.05) is 0 Å². The van der Waals surface area contributed by atoms with Crippen molar-refractivity contribution in [1.29, 1.82) is 5.26 Å². The fraction of sp³-hybridized carbons (Fsp3) is 0. The van der Waals surface area contributed by atoms with E-state index in [2.05, 4.69) is 4.74 Å². The number of carboxylic acid groups (broad SMARTS) is 1. The van der Waals surface area contributed by atoms with Crippen LogP contribution in [0.2, 0.25) is 0 Å². The second kappa shape index (κ2) is 3.91. The lowest BCUT2D eigenvalue weighted by Crippen LogP contribution is -1.97. The van der Waals surface area contributed by atoms with Gasteiger partial charge in [0.1, 0.15) is 5.75 Å².